The van der Waals surface area contributed by atoms with Gasteiger partial charge in [-0.3, -0.25) is 4.90 Å². The van der Waals surface area contributed by atoms with Crippen LogP contribution in [0, 0.1) is 5.92 Å². The second-order valence-electron chi connectivity index (χ2n) is 7.09. The average molecular weight is 314 g/mol. The standard InChI is InChI=1S/C18H26N4O/c1-20-8-9-23-17(13-20)14-21(11-15-5-6-15)12-16-10-19-22-7-3-2-4-18(16)22/h2-4,7,10,15,17H,5-6,8-9,11-14H2,1H3/t17-/m1/s1. The molecule has 0 amide bonds. The van der Waals surface area contributed by atoms with Crippen molar-refractivity contribution in [3.8, 4) is 0 Å². The van der Waals surface area contributed by atoms with Crippen molar-refractivity contribution in [2.45, 2.75) is 25.5 Å². The summed E-state index contributed by atoms with van der Waals surface area (Å²) in [5.74, 6) is 0.887. The van der Waals surface area contributed by atoms with Crippen LogP contribution in [0.2, 0.25) is 0 Å². The summed E-state index contributed by atoms with van der Waals surface area (Å²) in [6.45, 7) is 6.12. The molecule has 0 aromatic carbocycles. The Kier molecular flexibility index (Phi) is 4.33. The topological polar surface area (TPSA) is 33.0 Å². The smallest absolute Gasteiger partial charge is 0.0829 e. The van der Waals surface area contributed by atoms with Gasteiger partial charge < -0.3 is 9.64 Å². The van der Waals surface area contributed by atoms with Gasteiger partial charge in [-0.2, -0.15) is 5.10 Å². The third-order valence-electron chi connectivity index (χ3n) is 4.92. The Morgan fingerprint density at radius 3 is 3.04 bits per heavy atom. The van der Waals surface area contributed by atoms with E-state index in [9.17, 15) is 0 Å². The third kappa shape index (κ3) is 3.74. The Hall–Kier alpha value is -1.43. The first-order valence-electron chi connectivity index (χ1n) is 8.71. The van der Waals surface area contributed by atoms with Crippen LogP contribution >= 0.6 is 0 Å². The predicted octanol–water partition coefficient (Wildman–Crippen LogP) is 1.88. The van der Waals surface area contributed by atoms with E-state index in [0.717, 1.165) is 38.7 Å². The molecule has 2 aliphatic rings. The zero-order valence-electron chi connectivity index (χ0n) is 13.9. The molecule has 0 N–H and O–H groups in total. The van der Waals surface area contributed by atoms with Gasteiger partial charge in [0.1, 0.15) is 0 Å². The maximum Gasteiger partial charge on any atom is 0.0829 e. The molecule has 1 saturated heterocycles. The Bertz CT molecular complexity index is 651. The van der Waals surface area contributed by atoms with Gasteiger partial charge in [-0.25, -0.2) is 4.52 Å². The molecule has 23 heavy (non-hydrogen) atoms. The van der Waals surface area contributed by atoms with Crippen LogP contribution in [0.15, 0.2) is 30.6 Å². The van der Waals surface area contributed by atoms with Gasteiger partial charge in [0.25, 0.3) is 0 Å². The molecule has 124 valence electrons. The number of likely N-dealkylation sites (N-methyl/N-ethyl adjacent to an activating group) is 1. The van der Waals surface area contributed by atoms with E-state index in [2.05, 4.69) is 34.1 Å². The van der Waals surface area contributed by atoms with Gasteiger partial charge >= 0.3 is 0 Å². The molecule has 0 radical (unpaired) electrons. The highest BCUT2D eigenvalue weighted by Crippen LogP contribution is 2.30. The SMILES string of the molecule is CN1CCO[C@@H](CN(Cc2cnn3ccccc23)CC2CC2)C1. The molecular formula is C18H26N4O. The normalized spacial score (nSPS) is 23.0. The lowest BCUT2D eigenvalue weighted by molar-refractivity contribution is -0.0372. The maximum atomic E-state index is 5.98. The van der Waals surface area contributed by atoms with Crippen molar-refractivity contribution in [1.82, 2.24) is 19.4 Å². The highest BCUT2D eigenvalue weighted by molar-refractivity contribution is 5.53. The molecule has 0 bridgehead atoms. The fourth-order valence-electron chi connectivity index (χ4n) is 3.48. The van der Waals surface area contributed by atoms with Crippen LogP contribution in [0.1, 0.15) is 18.4 Å². The van der Waals surface area contributed by atoms with E-state index in [0.29, 0.717) is 6.10 Å². The minimum atomic E-state index is 0.328. The second-order valence-corrected chi connectivity index (χ2v) is 7.09. The zero-order chi connectivity index (χ0) is 15.6. The maximum absolute atomic E-state index is 5.98. The van der Waals surface area contributed by atoms with E-state index >= 15 is 0 Å². The molecule has 1 saturated carbocycles. The van der Waals surface area contributed by atoms with E-state index in [1.807, 2.05) is 23.0 Å². The van der Waals surface area contributed by atoms with Crippen LogP contribution in [-0.2, 0) is 11.3 Å². The first-order valence-corrected chi connectivity index (χ1v) is 8.71. The molecular weight excluding hydrogens is 288 g/mol. The summed E-state index contributed by atoms with van der Waals surface area (Å²) in [6, 6.07) is 6.27. The zero-order valence-corrected chi connectivity index (χ0v) is 13.9. The molecule has 2 aromatic rings. The molecule has 4 rings (SSSR count). The van der Waals surface area contributed by atoms with Crippen molar-refractivity contribution in [3.05, 3.63) is 36.2 Å². The monoisotopic (exact) mass is 314 g/mol. The van der Waals surface area contributed by atoms with Crippen LogP contribution in [-0.4, -0.2) is 65.4 Å². The van der Waals surface area contributed by atoms with E-state index in [1.165, 1.54) is 30.5 Å². The fraction of sp³-hybridized carbons (Fsp3) is 0.611. The van der Waals surface area contributed by atoms with Crippen molar-refractivity contribution in [2.24, 2.45) is 5.92 Å². The lowest BCUT2D eigenvalue weighted by atomic mass is 10.2. The van der Waals surface area contributed by atoms with Crippen LogP contribution in [0.25, 0.3) is 5.52 Å². The lowest BCUT2D eigenvalue weighted by Crippen LogP contribution is -2.46. The Morgan fingerprint density at radius 1 is 1.30 bits per heavy atom. The number of hydrogen-bond acceptors (Lipinski definition) is 4. The lowest BCUT2D eigenvalue weighted by Gasteiger charge is -2.34. The van der Waals surface area contributed by atoms with Gasteiger partial charge in [0.05, 0.1) is 24.4 Å². The minimum Gasteiger partial charge on any atom is -0.374 e. The van der Waals surface area contributed by atoms with Crippen molar-refractivity contribution >= 4 is 5.52 Å². The molecule has 5 heteroatoms. The Labute approximate surface area is 137 Å². The van der Waals surface area contributed by atoms with Crippen molar-refractivity contribution in [2.75, 3.05) is 39.8 Å². The summed E-state index contributed by atoms with van der Waals surface area (Å²) in [5, 5.41) is 4.48. The Balaban J connectivity index is 1.46. The third-order valence-corrected chi connectivity index (χ3v) is 4.92. The van der Waals surface area contributed by atoms with Crippen LogP contribution in [0.3, 0.4) is 0 Å². The summed E-state index contributed by atoms with van der Waals surface area (Å²) in [4.78, 5) is 4.95. The van der Waals surface area contributed by atoms with Crippen LogP contribution in [0.4, 0.5) is 0 Å². The molecule has 0 spiro atoms. The highest BCUT2D eigenvalue weighted by Gasteiger charge is 2.27. The largest absolute Gasteiger partial charge is 0.374 e. The van der Waals surface area contributed by atoms with Gasteiger partial charge in [0.2, 0.25) is 0 Å². The van der Waals surface area contributed by atoms with Crippen molar-refractivity contribution in [1.29, 1.82) is 0 Å². The van der Waals surface area contributed by atoms with E-state index < -0.39 is 0 Å². The number of aromatic nitrogens is 2. The minimum absolute atomic E-state index is 0.328. The van der Waals surface area contributed by atoms with Gasteiger partial charge in [0, 0.05) is 44.5 Å². The summed E-state index contributed by atoms with van der Waals surface area (Å²) in [6.07, 6.45) is 7.13. The molecule has 5 nitrogen and oxygen atoms in total. The number of morpholine rings is 1. The van der Waals surface area contributed by atoms with Gasteiger partial charge in [0.15, 0.2) is 0 Å². The van der Waals surface area contributed by atoms with Crippen molar-refractivity contribution < 1.29 is 4.74 Å². The predicted molar refractivity (Wildman–Crippen MR) is 90.4 cm³/mol. The number of hydrogen-bond donors (Lipinski definition) is 0. The molecule has 2 fully saturated rings. The summed E-state index contributed by atoms with van der Waals surface area (Å²) >= 11 is 0. The Morgan fingerprint density at radius 2 is 2.22 bits per heavy atom. The van der Waals surface area contributed by atoms with Crippen LogP contribution in [0.5, 0.6) is 0 Å². The highest BCUT2D eigenvalue weighted by atomic mass is 16.5. The van der Waals surface area contributed by atoms with E-state index in [-0.39, 0.29) is 0 Å². The molecule has 0 unspecified atom stereocenters. The number of fused-ring (bicyclic) bond motifs is 1. The first kappa shape index (κ1) is 15.1. The molecule has 1 aliphatic carbocycles. The van der Waals surface area contributed by atoms with E-state index in [4.69, 9.17) is 4.74 Å². The molecule has 3 heterocycles. The molecule has 1 aliphatic heterocycles. The fourth-order valence-corrected chi connectivity index (χ4v) is 3.48. The van der Waals surface area contributed by atoms with Gasteiger partial charge in [-0.15, -0.1) is 0 Å². The quantitative estimate of drug-likeness (QED) is 0.815. The van der Waals surface area contributed by atoms with Gasteiger partial charge in [-0.1, -0.05) is 6.07 Å². The number of rotatable bonds is 6. The summed E-state index contributed by atoms with van der Waals surface area (Å²) < 4.78 is 7.95. The first-order chi connectivity index (χ1) is 11.3. The number of nitrogens with zero attached hydrogens (tertiary/aromatic N) is 4. The van der Waals surface area contributed by atoms with Crippen LogP contribution < -0.4 is 0 Å². The van der Waals surface area contributed by atoms with Gasteiger partial charge in [-0.05, 0) is 37.9 Å². The molecule has 1 atom stereocenters. The van der Waals surface area contributed by atoms with Crippen molar-refractivity contribution in [3.63, 3.8) is 0 Å². The summed E-state index contributed by atoms with van der Waals surface area (Å²) in [7, 11) is 2.19. The number of ether oxygens (including phenoxy) is 1. The average Bonchev–Trinajstić information content (AvgIpc) is 3.27. The molecule has 2 aromatic heterocycles. The number of pyridine rings is 1. The summed E-state index contributed by atoms with van der Waals surface area (Å²) in [5.41, 5.74) is 2.53. The second kappa shape index (κ2) is 6.59. The van der Waals surface area contributed by atoms with E-state index in [1.54, 1.807) is 0 Å².